The zero-order valence-corrected chi connectivity index (χ0v) is 12.3. The van der Waals surface area contributed by atoms with Gasteiger partial charge in [0.2, 0.25) is 0 Å². The van der Waals surface area contributed by atoms with Crippen LogP contribution < -0.4 is 10.1 Å². The van der Waals surface area contributed by atoms with Gasteiger partial charge in [-0.25, -0.2) is 4.79 Å². The van der Waals surface area contributed by atoms with Gasteiger partial charge in [-0.2, -0.15) is 18.3 Å². The molecule has 0 radical (unpaired) electrons. The van der Waals surface area contributed by atoms with Crippen LogP contribution in [0.15, 0.2) is 18.2 Å². The van der Waals surface area contributed by atoms with Crippen LogP contribution in [0.1, 0.15) is 27.3 Å². The quantitative estimate of drug-likeness (QED) is 0.785. The van der Waals surface area contributed by atoms with E-state index in [-0.39, 0.29) is 23.4 Å². The standard InChI is InChI=1S/C14H14F3N3O3/c1-7-10(19-20-12(7)14(15,16)17)6-18-9-5-8(13(21)22)3-4-11(9)23-2/h3-5,18H,6H2,1-2H3,(H,19,20)(H,21,22). The van der Waals surface area contributed by atoms with Crippen molar-refractivity contribution in [1.29, 1.82) is 0 Å². The third-order valence-electron chi connectivity index (χ3n) is 3.28. The fraction of sp³-hybridized carbons (Fsp3) is 0.286. The van der Waals surface area contributed by atoms with Gasteiger partial charge < -0.3 is 15.2 Å². The van der Waals surface area contributed by atoms with E-state index in [9.17, 15) is 18.0 Å². The van der Waals surface area contributed by atoms with Crippen LogP contribution in [-0.4, -0.2) is 28.4 Å². The fourth-order valence-electron chi connectivity index (χ4n) is 2.04. The molecule has 0 atom stereocenters. The van der Waals surface area contributed by atoms with Gasteiger partial charge in [0.05, 0.1) is 30.6 Å². The number of methoxy groups -OCH3 is 1. The second-order valence-electron chi connectivity index (χ2n) is 4.75. The number of alkyl halides is 3. The van der Waals surface area contributed by atoms with Crippen LogP contribution >= 0.6 is 0 Å². The fourth-order valence-corrected chi connectivity index (χ4v) is 2.04. The Hall–Kier alpha value is -2.71. The Morgan fingerprint density at radius 2 is 2.13 bits per heavy atom. The predicted molar refractivity (Wildman–Crippen MR) is 75.6 cm³/mol. The average Bonchev–Trinajstić information content (AvgIpc) is 2.85. The lowest BCUT2D eigenvalue weighted by Gasteiger charge is -2.12. The van der Waals surface area contributed by atoms with Crippen LogP contribution in [0.5, 0.6) is 5.75 Å². The molecule has 0 amide bonds. The zero-order valence-electron chi connectivity index (χ0n) is 12.3. The van der Waals surface area contributed by atoms with Crippen LogP contribution in [0, 0.1) is 6.92 Å². The van der Waals surface area contributed by atoms with Gasteiger partial charge >= 0.3 is 12.1 Å². The number of rotatable bonds is 5. The normalized spacial score (nSPS) is 11.3. The number of aromatic nitrogens is 2. The van der Waals surface area contributed by atoms with Gasteiger partial charge in [-0.3, -0.25) is 5.10 Å². The van der Waals surface area contributed by atoms with Gasteiger partial charge in [-0.15, -0.1) is 0 Å². The molecule has 0 saturated heterocycles. The highest BCUT2D eigenvalue weighted by molar-refractivity contribution is 5.89. The smallest absolute Gasteiger partial charge is 0.435 e. The summed E-state index contributed by atoms with van der Waals surface area (Å²) < 4.78 is 43.2. The number of nitrogens with zero attached hydrogens (tertiary/aromatic N) is 1. The van der Waals surface area contributed by atoms with Crippen molar-refractivity contribution in [2.45, 2.75) is 19.6 Å². The second kappa shape index (κ2) is 6.19. The summed E-state index contributed by atoms with van der Waals surface area (Å²) in [6, 6.07) is 4.18. The highest BCUT2D eigenvalue weighted by Crippen LogP contribution is 2.32. The molecule has 0 unspecified atom stereocenters. The Labute approximate surface area is 129 Å². The molecule has 0 fully saturated rings. The van der Waals surface area contributed by atoms with Crippen LogP contribution in [-0.2, 0) is 12.7 Å². The van der Waals surface area contributed by atoms with Gasteiger partial charge in [0.15, 0.2) is 5.69 Å². The summed E-state index contributed by atoms with van der Waals surface area (Å²) in [4.78, 5) is 11.0. The lowest BCUT2D eigenvalue weighted by atomic mass is 10.1. The molecule has 1 heterocycles. The number of aromatic amines is 1. The number of carboxylic acid groups (broad SMARTS) is 1. The highest BCUT2D eigenvalue weighted by atomic mass is 19.4. The molecule has 23 heavy (non-hydrogen) atoms. The number of halogens is 3. The van der Waals surface area contributed by atoms with Crippen LogP contribution in [0.2, 0.25) is 0 Å². The van der Waals surface area contributed by atoms with Gasteiger partial charge in [-0.05, 0) is 25.1 Å². The minimum Gasteiger partial charge on any atom is -0.495 e. The number of benzene rings is 1. The summed E-state index contributed by atoms with van der Waals surface area (Å²) in [5.74, 6) is -0.740. The summed E-state index contributed by atoms with van der Waals surface area (Å²) in [6.07, 6.45) is -4.53. The molecule has 1 aromatic carbocycles. The molecule has 1 aromatic heterocycles. The second-order valence-corrected chi connectivity index (χ2v) is 4.75. The summed E-state index contributed by atoms with van der Waals surface area (Å²) in [5.41, 5.74) is -0.348. The minimum atomic E-state index is -4.53. The Kier molecular flexibility index (Phi) is 4.48. The third kappa shape index (κ3) is 3.55. The van der Waals surface area contributed by atoms with Crippen LogP contribution in [0.25, 0.3) is 0 Å². The van der Waals surface area contributed by atoms with Crippen molar-refractivity contribution in [3.63, 3.8) is 0 Å². The monoisotopic (exact) mass is 329 g/mol. The van der Waals surface area contributed by atoms with E-state index >= 15 is 0 Å². The highest BCUT2D eigenvalue weighted by Gasteiger charge is 2.36. The number of H-pyrrole nitrogens is 1. The minimum absolute atomic E-state index is 0.00828. The maximum Gasteiger partial charge on any atom is 0.435 e. The van der Waals surface area contributed by atoms with Crippen molar-refractivity contribution in [3.05, 3.63) is 40.7 Å². The van der Waals surface area contributed by atoms with Gasteiger partial charge in [0, 0.05) is 5.56 Å². The van der Waals surface area contributed by atoms with Gasteiger partial charge in [0.25, 0.3) is 0 Å². The Morgan fingerprint density at radius 3 is 2.65 bits per heavy atom. The van der Waals surface area contributed by atoms with E-state index < -0.39 is 17.8 Å². The van der Waals surface area contributed by atoms with Crippen LogP contribution in [0.4, 0.5) is 18.9 Å². The van der Waals surface area contributed by atoms with E-state index in [4.69, 9.17) is 9.84 Å². The maximum absolute atomic E-state index is 12.7. The van der Waals surface area contributed by atoms with E-state index in [0.717, 1.165) is 0 Å². The maximum atomic E-state index is 12.7. The topological polar surface area (TPSA) is 87.2 Å². The lowest BCUT2D eigenvalue weighted by molar-refractivity contribution is -0.141. The molecule has 0 aliphatic heterocycles. The molecule has 6 nitrogen and oxygen atoms in total. The van der Waals surface area contributed by atoms with E-state index in [2.05, 4.69) is 15.5 Å². The van der Waals surface area contributed by atoms with Crippen molar-refractivity contribution in [2.75, 3.05) is 12.4 Å². The summed E-state index contributed by atoms with van der Waals surface area (Å²) in [7, 11) is 1.41. The Morgan fingerprint density at radius 1 is 1.43 bits per heavy atom. The molecule has 2 aromatic rings. The number of carbonyl (C=O) groups is 1. The first-order valence-corrected chi connectivity index (χ1v) is 6.50. The Bertz CT molecular complexity index is 726. The van der Waals surface area contributed by atoms with E-state index in [1.165, 1.54) is 32.2 Å². The van der Waals surface area contributed by atoms with E-state index in [1.54, 1.807) is 0 Å². The average molecular weight is 329 g/mol. The Balaban J connectivity index is 2.23. The summed E-state index contributed by atoms with van der Waals surface area (Å²) >= 11 is 0. The van der Waals surface area contributed by atoms with Crippen LogP contribution in [0.3, 0.4) is 0 Å². The molecular formula is C14H14F3N3O3. The first-order chi connectivity index (χ1) is 10.7. The number of hydrogen-bond donors (Lipinski definition) is 3. The molecule has 3 N–H and O–H groups in total. The van der Waals surface area contributed by atoms with Gasteiger partial charge in [0.1, 0.15) is 5.75 Å². The number of ether oxygens (including phenoxy) is 1. The van der Waals surface area contributed by atoms with Crippen molar-refractivity contribution in [1.82, 2.24) is 10.2 Å². The molecule has 124 valence electrons. The molecular weight excluding hydrogens is 315 g/mol. The largest absolute Gasteiger partial charge is 0.495 e. The molecule has 9 heteroatoms. The lowest BCUT2D eigenvalue weighted by Crippen LogP contribution is -2.08. The van der Waals surface area contributed by atoms with E-state index in [1.807, 2.05) is 0 Å². The first kappa shape index (κ1) is 16.7. The van der Waals surface area contributed by atoms with Crippen molar-refractivity contribution < 1.29 is 27.8 Å². The van der Waals surface area contributed by atoms with Crippen molar-refractivity contribution in [3.8, 4) is 5.75 Å². The number of hydrogen-bond acceptors (Lipinski definition) is 4. The summed E-state index contributed by atoms with van der Waals surface area (Å²) in [5, 5.41) is 17.4. The van der Waals surface area contributed by atoms with Crippen molar-refractivity contribution >= 4 is 11.7 Å². The molecule has 0 spiro atoms. The molecule has 2 rings (SSSR count). The summed E-state index contributed by atoms with van der Waals surface area (Å²) in [6.45, 7) is 1.32. The van der Waals surface area contributed by atoms with Crippen molar-refractivity contribution in [2.24, 2.45) is 0 Å². The van der Waals surface area contributed by atoms with Gasteiger partial charge in [-0.1, -0.05) is 0 Å². The first-order valence-electron chi connectivity index (χ1n) is 6.50. The number of aromatic carboxylic acids is 1. The third-order valence-corrected chi connectivity index (χ3v) is 3.28. The van der Waals surface area contributed by atoms with E-state index in [0.29, 0.717) is 11.4 Å². The zero-order chi connectivity index (χ0) is 17.2. The molecule has 0 aliphatic carbocycles. The number of carboxylic acids is 1. The molecule has 0 bridgehead atoms. The molecule has 0 aliphatic rings. The number of nitrogens with one attached hydrogen (secondary N) is 2. The predicted octanol–water partition coefficient (Wildman–Crippen LogP) is 3.06. The SMILES string of the molecule is COc1ccc(C(=O)O)cc1NCc1[nH]nc(C(F)(F)F)c1C. The molecule has 0 saturated carbocycles. The number of anilines is 1.